The van der Waals surface area contributed by atoms with Crippen molar-refractivity contribution in [3.63, 3.8) is 0 Å². The van der Waals surface area contributed by atoms with Crippen molar-refractivity contribution in [3.8, 4) is 0 Å². The van der Waals surface area contributed by atoms with Crippen LogP contribution >= 0.6 is 11.8 Å². The lowest BCUT2D eigenvalue weighted by atomic mass is 9.68. The summed E-state index contributed by atoms with van der Waals surface area (Å²) in [6.45, 7) is 1.61. The predicted octanol–water partition coefficient (Wildman–Crippen LogP) is 5.01. The van der Waals surface area contributed by atoms with Crippen LogP contribution in [0.3, 0.4) is 0 Å². The van der Waals surface area contributed by atoms with Crippen LogP contribution in [0.5, 0.6) is 0 Å². The van der Waals surface area contributed by atoms with Gasteiger partial charge >= 0.3 is 6.03 Å². The van der Waals surface area contributed by atoms with Crippen LogP contribution in [-0.2, 0) is 5.54 Å². The summed E-state index contributed by atoms with van der Waals surface area (Å²) in [6.07, 6.45) is 11.5. The molecule has 0 unspecified atom stereocenters. The van der Waals surface area contributed by atoms with Gasteiger partial charge in [-0.05, 0) is 70.4 Å². The molecule has 2 saturated carbocycles. The first-order chi connectivity index (χ1) is 16.0. The summed E-state index contributed by atoms with van der Waals surface area (Å²) in [5.74, 6) is 1.38. The fourth-order valence-electron chi connectivity index (χ4n) is 6.07. The van der Waals surface area contributed by atoms with Gasteiger partial charge in [0.2, 0.25) is 0 Å². The third-order valence-electron chi connectivity index (χ3n) is 8.44. The van der Waals surface area contributed by atoms with E-state index in [0.29, 0.717) is 5.92 Å². The number of benzene rings is 1. The molecule has 1 aromatic heterocycles. The van der Waals surface area contributed by atoms with E-state index in [1.165, 1.54) is 24.8 Å². The minimum absolute atomic E-state index is 0.0199. The zero-order valence-electron chi connectivity index (χ0n) is 20.0. The molecule has 0 bridgehead atoms. The summed E-state index contributed by atoms with van der Waals surface area (Å²) in [5, 5.41) is 0.902. The Morgan fingerprint density at radius 1 is 1.09 bits per heavy atom. The van der Waals surface area contributed by atoms with Crippen LogP contribution < -0.4 is 4.90 Å². The lowest BCUT2D eigenvalue weighted by molar-refractivity contribution is 0.0172. The number of carbonyl (C=O) groups excluding carboxylic acids is 1. The Morgan fingerprint density at radius 2 is 1.82 bits per heavy atom. The maximum Gasteiger partial charge on any atom is 0.326 e. The molecule has 2 aromatic rings. The van der Waals surface area contributed by atoms with Crippen molar-refractivity contribution >= 4 is 23.6 Å². The van der Waals surface area contributed by atoms with E-state index in [1.54, 1.807) is 18.1 Å². The molecule has 5 rings (SSSR count). The Balaban J connectivity index is 1.45. The van der Waals surface area contributed by atoms with E-state index in [-0.39, 0.29) is 17.1 Å². The minimum Gasteiger partial charge on any atom is -0.317 e. The molecule has 33 heavy (non-hydrogen) atoms. The van der Waals surface area contributed by atoms with E-state index < -0.39 is 0 Å². The standard InChI is InChI=1S/C26H35N5OS/c1-29(2)26(21-10-5-4-6-11-21)14-12-25(13-15-26)18-30(22-16-23(33-3)28-19-27-22)24(32)31(25)17-20-8-7-9-20/h4-6,10-11,16,19-20H,7-9,12-15,17-18H2,1-3H3/t25-,26-. The average molecular weight is 466 g/mol. The minimum atomic E-state index is -0.120. The van der Waals surface area contributed by atoms with Gasteiger partial charge in [0.25, 0.3) is 0 Å². The van der Waals surface area contributed by atoms with E-state index in [1.807, 2.05) is 17.2 Å². The molecule has 2 aliphatic carbocycles. The first-order valence-electron chi connectivity index (χ1n) is 12.2. The summed E-state index contributed by atoms with van der Waals surface area (Å²) in [4.78, 5) is 29.2. The third kappa shape index (κ3) is 3.93. The van der Waals surface area contributed by atoms with Gasteiger partial charge in [-0.3, -0.25) is 9.80 Å². The Labute approximate surface area is 201 Å². The molecule has 1 spiro atoms. The first kappa shape index (κ1) is 22.7. The highest BCUT2D eigenvalue weighted by Crippen LogP contribution is 2.50. The molecule has 0 N–H and O–H groups in total. The fourth-order valence-corrected chi connectivity index (χ4v) is 6.44. The fraction of sp³-hybridized carbons (Fsp3) is 0.577. The number of nitrogens with zero attached hydrogens (tertiary/aromatic N) is 5. The molecule has 3 aliphatic rings. The number of aromatic nitrogens is 2. The van der Waals surface area contributed by atoms with Gasteiger partial charge in [0.1, 0.15) is 17.2 Å². The highest BCUT2D eigenvalue weighted by atomic mass is 32.2. The molecule has 7 heteroatoms. The van der Waals surface area contributed by atoms with Crippen LogP contribution in [0.15, 0.2) is 47.8 Å². The van der Waals surface area contributed by atoms with E-state index in [9.17, 15) is 4.79 Å². The van der Waals surface area contributed by atoms with Crippen LogP contribution in [0.1, 0.15) is 50.5 Å². The largest absolute Gasteiger partial charge is 0.326 e. The highest BCUT2D eigenvalue weighted by molar-refractivity contribution is 7.98. The van der Waals surface area contributed by atoms with Crippen LogP contribution in [0.2, 0.25) is 0 Å². The highest BCUT2D eigenvalue weighted by Gasteiger charge is 2.55. The summed E-state index contributed by atoms with van der Waals surface area (Å²) in [7, 11) is 4.40. The van der Waals surface area contributed by atoms with Gasteiger partial charge in [-0.1, -0.05) is 36.8 Å². The molecule has 1 aromatic carbocycles. The second-order valence-electron chi connectivity index (χ2n) is 10.2. The Bertz CT molecular complexity index is 985. The molecule has 3 fully saturated rings. The number of anilines is 1. The molecule has 2 heterocycles. The van der Waals surface area contributed by atoms with Crippen molar-refractivity contribution in [1.29, 1.82) is 0 Å². The number of thioether (sulfide) groups is 1. The number of urea groups is 1. The third-order valence-corrected chi connectivity index (χ3v) is 9.08. The van der Waals surface area contributed by atoms with Gasteiger partial charge in [-0.2, -0.15) is 0 Å². The predicted molar refractivity (Wildman–Crippen MR) is 134 cm³/mol. The van der Waals surface area contributed by atoms with Crippen molar-refractivity contribution in [2.24, 2.45) is 5.92 Å². The van der Waals surface area contributed by atoms with E-state index in [2.05, 4.69) is 64.2 Å². The normalized spacial score (nSPS) is 28.1. The number of hydrogen-bond acceptors (Lipinski definition) is 5. The number of carbonyl (C=O) groups is 1. The topological polar surface area (TPSA) is 52.6 Å². The summed E-state index contributed by atoms with van der Waals surface area (Å²) >= 11 is 1.59. The zero-order valence-corrected chi connectivity index (χ0v) is 20.9. The van der Waals surface area contributed by atoms with Gasteiger partial charge in [0, 0.05) is 18.2 Å². The number of rotatable bonds is 6. The van der Waals surface area contributed by atoms with E-state index >= 15 is 0 Å². The molecule has 6 nitrogen and oxygen atoms in total. The maximum atomic E-state index is 13.8. The second-order valence-corrected chi connectivity index (χ2v) is 11.0. The van der Waals surface area contributed by atoms with Crippen molar-refractivity contribution in [1.82, 2.24) is 19.8 Å². The molecule has 0 atom stereocenters. The molecule has 1 aliphatic heterocycles. The molecular formula is C26H35N5OS. The second kappa shape index (κ2) is 8.91. The quantitative estimate of drug-likeness (QED) is 0.443. The van der Waals surface area contributed by atoms with Crippen molar-refractivity contribution in [3.05, 3.63) is 48.3 Å². The lowest BCUT2D eigenvalue weighted by Gasteiger charge is -2.51. The molecule has 176 valence electrons. The lowest BCUT2D eigenvalue weighted by Crippen LogP contribution is -2.56. The van der Waals surface area contributed by atoms with Crippen LogP contribution in [0.4, 0.5) is 10.6 Å². The van der Waals surface area contributed by atoms with Crippen molar-refractivity contribution in [2.75, 3.05) is 38.3 Å². The van der Waals surface area contributed by atoms with Crippen molar-refractivity contribution < 1.29 is 4.79 Å². The van der Waals surface area contributed by atoms with Gasteiger partial charge in [0.05, 0.1) is 12.1 Å². The van der Waals surface area contributed by atoms with Crippen LogP contribution in [-0.4, -0.2) is 64.8 Å². The Kier molecular flexibility index (Phi) is 6.12. The molecule has 0 radical (unpaired) electrons. The maximum absolute atomic E-state index is 13.8. The molecular weight excluding hydrogens is 430 g/mol. The molecule has 2 amide bonds. The van der Waals surface area contributed by atoms with Crippen LogP contribution in [0.25, 0.3) is 0 Å². The van der Waals surface area contributed by atoms with Crippen molar-refractivity contribution in [2.45, 2.75) is 61.0 Å². The first-order valence-corrected chi connectivity index (χ1v) is 13.4. The van der Waals surface area contributed by atoms with Gasteiger partial charge in [-0.15, -0.1) is 11.8 Å². The Morgan fingerprint density at radius 3 is 2.42 bits per heavy atom. The number of amides is 2. The zero-order chi connectivity index (χ0) is 23.1. The van der Waals surface area contributed by atoms with E-state index in [0.717, 1.165) is 49.6 Å². The van der Waals surface area contributed by atoms with Gasteiger partial charge < -0.3 is 4.90 Å². The average Bonchev–Trinajstić information content (AvgIpc) is 3.08. The summed E-state index contributed by atoms with van der Waals surface area (Å²) < 4.78 is 0. The summed E-state index contributed by atoms with van der Waals surface area (Å²) in [6, 6.07) is 13.0. The molecule has 1 saturated heterocycles. The summed E-state index contributed by atoms with van der Waals surface area (Å²) in [5.41, 5.74) is 1.29. The monoisotopic (exact) mass is 465 g/mol. The smallest absolute Gasteiger partial charge is 0.317 e. The van der Waals surface area contributed by atoms with Gasteiger partial charge in [-0.25, -0.2) is 14.8 Å². The van der Waals surface area contributed by atoms with E-state index in [4.69, 9.17) is 0 Å². The SMILES string of the molecule is CSc1cc(N2C[C@]3(CC[C@@](c4ccccc4)(N(C)C)CC3)N(CC3CCC3)C2=O)ncn1. The number of hydrogen-bond donors (Lipinski definition) is 0. The van der Waals surface area contributed by atoms with Crippen LogP contribution in [0, 0.1) is 5.92 Å². The van der Waals surface area contributed by atoms with Gasteiger partial charge in [0.15, 0.2) is 0 Å². The Hall–Kier alpha value is -2.12.